The lowest BCUT2D eigenvalue weighted by molar-refractivity contribution is -0.133. The first-order chi connectivity index (χ1) is 11.6. The fraction of sp³-hybridized carbons (Fsp3) is 0.688. The van der Waals surface area contributed by atoms with Gasteiger partial charge in [0.05, 0.1) is 6.54 Å². The van der Waals surface area contributed by atoms with Gasteiger partial charge in [-0.05, 0) is 26.3 Å². The Morgan fingerprint density at radius 2 is 2.17 bits per heavy atom. The normalized spacial score (nSPS) is 21.9. The number of anilines is 1. The third kappa shape index (κ3) is 4.55. The Morgan fingerprint density at radius 3 is 2.79 bits per heavy atom. The first-order valence-corrected chi connectivity index (χ1v) is 8.57. The summed E-state index contributed by atoms with van der Waals surface area (Å²) in [4.78, 5) is 28.3. The smallest absolute Gasteiger partial charge is 0.239 e. The number of hydrogen-bond acceptors (Lipinski definition) is 6. The second kappa shape index (κ2) is 7.76. The number of rotatable bonds is 5. The molecule has 2 aliphatic rings. The number of amides is 2. The predicted octanol–water partition coefficient (Wildman–Crippen LogP) is 0.208. The number of hydrogen-bond donors (Lipinski definition) is 2. The molecule has 3 rings (SSSR count). The van der Waals surface area contributed by atoms with Crippen molar-refractivity contribution in [2.75, 3.05) is 44.6 Å². The van der Waals surface area contributed by atoms with E-state index in [1.807, 2.05) is 4.90 Å². The summed E-state index contributed by atoms with van der Waals surface area (Å²) in [6.07, 6.45) is 2.84. The highest BCUT2D eigenvalue weighted by Crippen LogP contribution is 2.12. The standard InChI is InChI=1S/C16H25N5O3/c1-12-9-14(19-24-12)18-15(22)11-20-5-7-21(8-6-20)16(23)10-13-3-2-4-17-13/h9,13,17H,2-8,10-11H2,1H3,(H,18,19,22). The fourth-order valence-electron chi connectivity index (χ4n) is 3.24. The van der Waals surface area contributed by atoms with Gasteiger partial charge in [0.15, 0.2) is 5.82 Å². The molecule has 0 spiro atoms. The van der Waals surface area contributed by atoms with Crippen molar-refractivity contribution in [1.29, 1.82) is 0 Å². The molecular formula is C16H25N5O3. The molecule has 132 valence electrons. The number of nitrogens with zero attached hydrogens (tertiary/aromatic N) is 3. The van der Waals surface area contributed by atoms with Crippen molar-refractivity contribution in [3.05, 3.63) is 11.8 Å². The van der Waals surface area contributed by atoms with Gasteiger partial charge in [-0.15, -0.1) is 0 Å². The minimum Gasteiger partial charge on any atom is -0.360 e. The molecule has 0 bridgehead atoms. The van der Waals surface area contributed by atoms with E-state index < -0.39 is 0 Å². The molecule has 1 aromatic heterocycles. The van der Waals surface area contributed by atoms with Gasteiger partial charge in [-0.3, -0.25) is 14.5 Å². The van der Waals surface area contributed by atoms with Gasteiger partial charge < -0.3 is 20.1 Å². The highest BCUT2D eigenvalue weighted by Gasteiger charge is 2.25. The van der Waals surface area contributed by atoms with E-state index in [-0.39, 0.29) is 11.8 Å². The molecule has 3 heterocycles. The molecule has 0 saturated carbocycles. The van der Waals surface area contributed by atoms with Crippen molar-refractivity contribution in [1.82, 2.24) is 20.3 Å². The lowest BCUT2D eigenvalue weighted by Crippen LogP contribution is -2.51. The second-order valence-electron chi connectivity index (χ2n) is 6.53. The van der Waals surface area contributed by atoms with Crippen LogP contribution in [-0.2, 0) is 9.59 Å². The third-order valence-electron chi connectivity index (χ3n) is 4.57. The van der Waals surface area contributed by atoms with Gasteiger partial charge in [-0.1, -0.05) is 5.16 Å². The summed E-state index contributed by atoms with van der Waals surface area (Å²) in [5, 5.41) is 9.83. The molecule has 2 aliphatic heterocycles. The van der Waals surface area contributed by atoms with Crippen LogP contribution in [0.4, 0.5) is 5.82 Å². The number of piperazine rings is 1. The van der Waals surface area contributed by atoms with Crippen molar-refractivity contribution in [2.24, 2.45) is 0 Å². The van der Waals surface area contributed by atoms with Gasteiger partial charge in [0.1, 0.15) is 5.76 Å². The van der Waals surface area contributed by atoms with E-state index in [1.165, 1.54) is 0 Å². The topological polar surface area (TPSA) is 90.7 Å². The lowest BCUT2D eigenvalue weighted by atomic mass is 10.1. The van der Waals surface area contributed by atoms with Crippen LogP contribution in [0.5, 0.6) is 0 Å². The fourth-order valence-corrected chi connectivity index (χ4v) is 3.24. The summed E-state index contributed by atoms with van der Waals surface area (Å²) in [5.41, 5.74) is 0. The molecule has 8 nitrogen and oxygen atoms in total. The highest BCUT2D eigenvalue weighted by atomic mass is 16.5. The zero-order valence-electron chi connectivity index (χ0n) is 14.1. The Labute approximate surface area is 141 Å². The highest BCUT2D eigenvalue weighted by molar-refractivity contribution is 5.91. The third-order valence-corrected chi connectivity index (χ3v) is 4.57. The van der Waals surface area contributed by atoms with Crippen molar-refractivity contribution >= 4 is 17.6 Å². The van der Waals surface area contributed by atoms with Crippen LogP contribution in [0.25, 0.3) is 0 Å². The van der Waals surface area contributed by atoms with Crippen LogP contribution in [0.3, 0.4) is 0 Å². The Balaban J connectivity index is 1.38. The van der Waals surface area contributed by atoms with Crippen molar-refractivity contribution in [2.45, 2.75) is 32.2 Å². The molecular weight excluding hydrogens is 310 g/mol. The summed E-state index contributed by atoms with van der Waals surface area (Å²) in [6, 6.07) is 2.03. The van der Waals surface area contributed by atoms with Gasteiger partial charge in [0.2, 0.25) is 11.8 Å². The van der Waals surface area contributed by atoms with Crippen LogP contribution >= 0.6 is 0 Å². The van der Waals surface area contributed by atoms with Gasteiger partial charge >= 0.3 is 0 Å². The van der Waals surface area contributed by atoms with E-state index in [1.54, 1.807) is 13.0 Å². The van der Waals surface area contributed by atoms with Crippen LogP contribution in [0.15, 0.2) is 10.6 Å². The molecule has 1 unspecified atom stereocenters. The maximum Gasteiger partial charge on any atom is 0.239 e. The molecule has 0 radical (unpaired) electrons. The minimum atomic E-state index is -0.113. The van der Waals surface area contributed by atoms with Crippen LogP contribution < -0.4 is 10.6 Å². The van der Waals surface area contributed by atoms with E-state index >= 15 is 0 Å². The van der Waals surface area contributed by atoms with E-state index in [4.69, 9.17) is 4.52 Å². The van der Waals surface area contributed by atoms with Gasteiger partial charge in [-0.2, -0.15) is 0 Å². The Kier molecular flexibility index (Phi) is 5.47. The average Bonchev–Trinajstić information content (AvgIpc) is 3.20. The van der Waals surface area contributed by atoms with E-state index in [0.29, 0.717) is 43.7 Å². The summed E-state index contributed by atoms with van der Waals surface area (Å²) in [7, 11) is 0. The predicted molar refractivity (Wildman–Crippen MR) is 88.5 cm³/mol. The molecule has 2 amide bonds. The first kappa shape index (κ1) is 16.9. The molecule has 24 heavy (non-hydrogen) atoms. The monoisotopic (exact) mass is 335 g/mol. The van der Waals surface area contributed by atoms with Gasteiger partial charge in [0.25, 0.3) is 0 Å². The number of aryl methyl sites for hydroxylation is 1. The van der Waals surface area contributed by atoms with Crippen molar-refractivity contribution < 1.29 is 14.1 Å². The Hall–Kier alpha value is -1.93. The van der Waals surface area contributed by atoms with Crippen molar-refractivity contribution in [3.8, 4) is 0 Å². The molecule has 2 N–H and O–H groups in total. The molecule has 0 aromatic carbocycles. The molecule has 2 fully saturated rings. The SMILES string of the molecule is Cc1cc(NC(=O)CN2CCN(C(=O)CC3CCCN3)CC2)no1. The maximum atomic E-state index is 12.3. The zero-order chi connectivity index (χ0) is 16.9. The number of aromatic nitrogens is 1. The zero-order valence-corrected chi connectivity index (χ0v) is 14.1. The summed E-state index contributed by atoms with van der Waals surface area (Å²) < 4.78 is 4.92. The van der Waals surface area contributed by atoms with Gasteiger partial charge in [-0.25, -0.2) is 0 Å². The maximum absolute atomic E-state index is 12.3. The van der Waals surface area contributed by atoms with Crippen molar-refractivity contribution in [3.63, 3.8) is 0 Å². The van der Waals surface area contributed by atoms with Crippen LogP contribution in [0.1, 0.15) is 25.0 Å². The summed E-state index contributed by atoms with van der Waals surface area (Å²) >= 11 is 0. The Bertz CT molecular complexity index is 574. The van der Waals surface area contributed by atoms with Gasteiger partial charge in [0, 0.05) is 44.7 Å². The Morgan fingerprint density at radius 1 is 1.38 bits per heavy atom. The molecule has 8 heteroatoms. The van der Waals surface area contributed by atoms with Crippen LogP contribution in [0.2, 0.25) is 0 Å². The number of carbonyl (C=O) groups is 2. The molecule has 1 aromatic rings. The first-order valence-electron chi connectivity index (χ1n) is 8.57. The largest absolute Gasteiger partial charge is 0.360 e. The summed E-state index contributed by atoms with van der Waals surface area (Å²) in [5.74, 6) is 1.21. The number of nitrogens with one attached hydrogen (secondary N) is 2. The van der Waals surface area contributed by atoms with Crippen LogP contribution in [0, 0.1) is 6.92 Å². The average molecular weight is 335 g/mol. The number of carbonyl (C=O) groups excluding carboxylic acids is 2. The summed E-state index contributed by atoms with van der Waals surface area (Å²) in [6.45, 7) is 5.90. The minimum absolute atomic E-state index is 0.113. The quantitative estimate of drug-likeness (QED) is 0.799. The van der Waals surface area contributed by atoms with E-state index in [9.17, 15) is 9.59 Å². The van der Waals surface area contributed by atoms with E-state index in [0.717, 1.165) is 32.5 Å². The molecule has 1 atom stereocenters. The lowest BCUT2D eigenvalue weighted by Gasteiger charge is -2.34. The molecule has 0 aliphatic carbocycles. The second-order valence-corrected chi connectivity index (χ2v) is 6.53. The van der Waals surface area contributed by atoms with Crippen LogP contribution in [-0.4, -0.2) is 72.1 Å². The van der Waals surface area contributed by atoms with E-state index in [2.05, 4.69) is 20.7 Å². The molecule has 2 saturated heterocycles.